The van der Waals surface area contributed by atoms with Crippen molar-refractivity contribution in [1.82, 2.24) is 10.6 Å². The smallest absolute Gasteiger partial charge is 0.267 e. The van der Waals surface area contributed by atoms with Gasteiger partial charge in [-0.3, -0.25) is 9.59 Å². The summed E-state index contributed by atoms with van der Waals surface area (Å²) >= 11 is 0. The molecule has 2 N–H and O–H groups in total. The van der Waals surface area contributed by atoms with Gasteiger partial charge in [-0.15, -0.1) is 10.2 Å². The first-order valence-corrected chi connectivity index (χ1v) is 6.47. The third-order valence-electron chi connectivity index (χ3n) is 3.07. The van der Waals surface area contributed by atoms with Gasteiger partial charge in [0.2, 0.25) is 0 Å². The lowest BCUT2D eigenvalue weighted by molar-refractivity contribution is -0.115. The molecule has 0 unspecified atom stereocenters. The number of carbonyl (C=O) groups excluding carboxylic acids is 2. The van der Waals surface area contributed by atoms with Gasteiger partial charge in [-0.05, 0) is 38.5 Å². The average molecular weight is 250 g/mol. The summed E-state index contributed by atoms with van der Waals surface area (Å²) in [6.45, 7) is 1.38. The Bertz CT molecular complexity index is 363. The molecule has 0 aromatic heterocycles. The summed E-state index contributed by atoms with van der Waals surface area (Å²) in [6.07, 6.45) is 5.03. The van der Waals surface area contributed by atoms with Gasteiger partial charge in [0.1, 0.15) is 11.4 Å². The molecule has 0 radical (unpaired) electrons. The number of carbonyl (C=O) groups is 2. The van der Waals surface area contributed by atoms with E-state index in [-0.39, 0.29) is 11.8 Å². The minimum atomic E-state index is -0.161. The van der Waals surface area contributed by atoms with Crippen molar-refractivity contribution in [2.24, 2.45) is 10.2 Å². The Morgan fingerprint density at radius 3 is 1.61 bits per heavy atom. The van der Waals surface area contributed by atoms with Gasteiger partial charge < -0.3 is 10.6 Å². The Morgan fingerprint density at radius 2 is 1.17 bits per heavy atom. The molecule has 0 saturated carbocycles. The molecule has 2 fully saturated rings. The number of hydrogen-bond acceptors (Lipinski definition) is 4. The Labute approximate surface area is 106 Å². The lowest BCUT2D eigenvalue weighted by atomic mass is 10.2. The van der Waals surface area contributed by atoms with E-state index in [9.17, 15) is 9.59 Å². The van der Waals surface area contributed by atoms with Crippen LogP contribution < -0.4 is 10.6 Å². The molecule has 0 aliphatic carbocycles. The molecule has 6 heteroatoms. The van der Waals surface area contributed by atoms with Gasteiger partial charge in [0.15, 0.2) is 0 Å². The van der Waals surface area contributed by atoms with Crippen LogP contribution in [0.5, 0.6) is 0 Å². The monoisotopic (exact) mass is 250 g/mol. The van der Waals surface area contributed by atoms with Crippen molar-refractivity contribution in [3.05, 3.63) is 0 Å². The summed E-state index contributed by atoms with van der Waals surface area (Å²) in [5.74, 6) is -0.322. The molecule has 0 atom stereocenters. The first kappa shape index (κ1) is 12.7. The van der Waals surface area contributed by atoms with Gasteiger partial charge in [-0.2, -0.15) is 0 Å². The molecule has 2 aliphatic rings. The number of hydrogen-bond donors (Lipinski definition) is 2. The van der Waals surface area contributed by atoms with Crippen LogP contribution in [0.2, 0.25) is 0 Å². The molecule has 6 nitrogen and oxygen atoms in total. The first-order chi connectivity index (χ1) is 8.77. The summed E-state index contributed by atoms with van der Waals surface area (Å²) in [5.41, 5.74) is 0.856. The molecule has 98 valence electrons. The van der Waals surface area contributed by atoms with Crippen molar-refractivity contribution in [2.45, 2.75) is 38.5 Å². The number of rotatable bonds is 1. The Balaban J connectivity index is 2.10. The van der Waals surface area contributed by atoms with E-state index in [4.69, 9.17) is 0 Å². The highest BCUT2D eigenvalue weighted by atomic mass is 16.2. The van der Waals surface area contributed by atoms with E-state index < -0.39 is 0 Å². The molecule has 2 amide bonds. The Hall–Kier alpha value is -1.72. The lowest BCUT2D eigenvalue weighted by Gasteiger charge is -2.01. The van der Waals surface area contributed by atoms with E-state index in [1.54, 1.807) is 0 Å². The van der Waals surface area contributed by atoms with Crippen LogP contribution in [0.15, 0.2) is 10.2 Å². The largest absolute Gasteiger partial charge is 0.351 e. The fourth-order valence-electron chi connectivity index (χ4n) is 1.98. The molecule has 2 aliphatic heterocycles. The van der Waals surface area contributed by atoms with E-state index >= 15 is 0 Å². The van der Waals surface area contributed by atoms with Gasteiger partial charge in [-0.25, -0.2) is 0 Å². The molecule has 0 aromatic carbocycles. The summed E-state index contributed by atoms with van der Waals surface area (Å²) < 4.78 is 0. The normalized spacial score (nSPS) is 26.4. The van der Waals surface area contributed by atoms with E-state index in [0.717, 1.165) is 25.7 Å². The molecule has 18 heavy (non-hydrogen) atoms. The summed E-state index contributed by atoms with van der Waals surface area (Å²) in [6, 6.07) is 0. The topological polar surface area (TPSA) is 82.9 Å². The minimum Gasteiger partial charge on any atom is -0.351 e. The Kier molecular flexibility index (Phi) is 4.44. The van der Waals surface area contributed by atoms with Crippen LogP contribution in [0.1, 0.15) is 38.5 Å². The second-order valence-corrected chi connectivity index (χ2v) is 4.52. The van der Waals surface area contributed by atoms with Crippen LogP contribution in [0.4, 0.5) is 0 Å². The van der Waals surface area contributed by atoms with Crippen LogP contribution in [-0.4, -0.2) is 36.3 Å². The SMILES string of the molecule is O=C1NCCCC/C1=N/N=C1\CCCCNC1=O. The third kappa shape index (κ3) is 3.38. The van der Waals surface area contributed by atoms with Crippen LogP contribution in [0, 0.1) is 0 Å². The highest BCUT2D eigenvalue weighted by Crippen LogP contribution is 2.06. The molecular formula is C12H18N4O2. The highest BCUT2D eigenvalue weighted by Gasteiger charge is 2.17. The molecular weight excluding hydrogens is 232 g/mol. The molecule has 2 heterocycles. The first-order valence-electron chi connectivity index (χ1n) is 6.47. The van der Waals surface area contributed by atoms with E-state index in [0.29, 0.717) is 37.4 Å². The van der Waals surface area contributed by atoms with Crippen molar-refractivity contribution in [3.8, 4) is 0 Å². The van der Waals surface area contributed by atoms with Crippen molar-refractivity contribution < 1.29 is 9.59 Å². The zero-order valence-electron chi connectivity index (χ0n) is 10.4. The molecule has 2 saturated heterocycles. The van der Waals surface area contributed by atoms with Crippen molar-refractivity contribution >= 4 is 23.2 Å². The maximum atomic E-state index is 11.6. The number of nitrogens with zero attached hydrogens (tertiary/aromatic N) is 2. The van der Waals surface area contributed by atoms with Crippen LogP contribution in [0.3, 0.4) is 0 Å². The van der Waals surface area contributed by atoms with Crippen LogP contribution in [0.25, 0.3) is 0 Å². The third-order valence-corrected chi connectivity index (χ3v) is 3.07. The average Bonchev–Trinajstić information content (AvgIpc) is 2.68. The Morgan fingerprint density at radius 1 is 0.722 bits per heavy atom. The maximum Gasteiger partial charge on any atom is 0.267 e. The van der Waals surface area contributed by atoms with Crippen molar-refractivity contribution in [1.29, 1.82) is 0 Å². The molecule has 0 spiro atoms. The molecule has 2 rings (SSSR count). The van der Waals surface area contributed by atoms with Gasteiger partial charge in [0.25, 0.3) is 11.8 Å². The highest BCUT2D eigenvalue weighted by molar-refractivity contribution is 6.40. The van der Waals surface area contributed by atoms with E-state index in [1.807, 2.05) is 0 Å². The lowest BCUT2D eigenvalue weighted by Crippen LogP contribution is -2.30. The van der Waals surface area contributed by atoms with Gasteiger partial charge in [0.05, 0.1) is 0 Å². The molecule has 0 bridgehead atoms. The van der Waals surface area contributed by atoms with Crippen molar-refractivity contribution in [3.63, 3.8) is 0 Å². The fraction of sp³-hybridized carbons (Fsp3) is 0.667. The predicted octanol–water partition coefficient (Wildman–Crippen LogP) is 0.384. The minimum absolute atomic E-state index is 0.161. The zero-order valence-corrected chi connectivity index (χ0v) is 10.4. The van der Waals surface area contributed by atoms with E-state index in [2.05, 4.69) is 20.8 Å². The number of nitrogens with one attached hydrogen (secondary N) is 2. The standard InChI is InChI=1S/C12H18N4O2/c17-11-9(5-1-3-7-13-11)15-16-10-6-2-4-8-14-12(10)18/h1-8H2,(H,13,17)(H,14,18)/b15-9-,16-10+. The summed E-state index contributed by atoms with van der Waals surface area (Å²) in [4.78, 5) is 23.2. The van der Waals surface area contributed by atoms with Crippen molar-refractivity contribution in [2.75, 3.05) is 13.1 Å². The van der Waals surface area contributed by atoms with Gasteiger partial charge in [-0.1, -0.05) is 0 Å². The summed E-state index contributed by atoms with van der Waals surface area (Å²) in [7, 11) is 0. The van der Waals surface area contributed by atoms with Gasteiger partial charge in [0, 0.05) is 13.1 Å². The van der Waals surface area contributed by atoms with Crippen LogP contribution in [-0.2, 0) is 9.59 Å². The van der Waals surface area contributed by atoms with Crippen LogP contribution >= 0.6 is 0 Å². The molecule has 0 aromatic rings. The predicted molar refractivity (Wildman–Crippen MR) is 68.6 cm³/mol. The van der Waals surface area contributed by atoms with Gasteiger partial charge >= 0.3 is 0 Å². The maximum absolute atomic E-state index is 11.6. The fourth-order valence-corrected chi connectivity index (χ4v) is 1.98. The second kappa shape index (κ2) is 6.28. The summed E-state index contributed by atoms with van der Waals surface area (Å²) in [5, 5.41) is 13.5. The quantitative estimate of drug-likeness (QED) is 0.660. The second-order valence-electron chi connectivity index (χ2n) is 4.52. The van der Waals surface area contributed by atoms with E-state index in [1.165, 1.54) is 0 Å². The number of amides is 2. The zero-order chi connectivity index (χ0) is 12.8.